The monoisotopic (exact) mass is 316 g/mol. The van der Waals surface area contributed by atoms with Crippen molar-refractivity contribution < 1.29 is 8.42 Å². The molecule has 1 saturated carbocycles. The minimum atomic E-state index is -3.59. The van der Waals surface area contributed by atoms with Crippen molar-refractivity contribution in [3.63, 3.8) is 0 Å². The number of rotatable bonds is 6. The zero-order valence-electron chi connectivity index (χ0n) is 12.3. The molecule has 0 heterocycles. The van der Waals surface area contributed by atoms with E-state index in [0.29, 0.717) is 22.9 Å². The molecule has 0 bridgehead atoms. The van der Waals surface area contributed by atoms with Crippen LogP contribution in [-0.2, 0) is 10.0 Å². The van der Waals surface area contributed by atoms with Crippen LogP contribution >= 0.6 is 0 Å². The average molecular weight is 316 g/mol. The molecule has 4 nitrogen and oxygen atoms in total. The van der Waals surface area contributed by atoms with Crippen LogP contribution in [0.5, 0.6) is 0 Å². The zero-order valence-corrected chi connectivity index (χ0v) is 13.1. The maximum absolute atomic E-state index is 12.8. The largest absolute Gasteiger partial charge is 0.329 e. The summed E-state index contributed by atoms with van der Waals surface area (Å²) in [6.07, 6.45) is 2.09. The molecule has 1 unspecified atom stereocenters. The van der Waals surface area contributed by atoms with Crippen LogP contribution in [-0.4, -0.2) is 21.0 Å². The van der Waals surface area contributed by atoms with Crippen molar-refractivity contribution in [3.05, 3.63) is 54.6 Å². The van der Waals surface area contributed by atoms with Crippen molar-refractivity contribution in [2.75, 3.05) is 6.54 Å². The minimum absolute atomic E-state index is 0.172. The summed E-state index contributed by atoms with van der Waals surface area (Å²) in [5.41, 5.74) is 7.32. The van der Waals surface area contributed by atoms with Gasteiger partial charge in [-0.15, -0.1) is 0 Å². The Hall–Kier alpha value is -1.69. The standard InChI is InChI=1S/C17H20N2O2S/c18-12-16(14-10-11-14)19-22(20,21)17-9-5-4-8-15(17)13-6-2-1-3-7-13/h1-9,14,16,19H,10-12,18H2. The molecule has 2 aromatic rings. The Morgan fingerprint density at radius 3 is 2.32 bits per heavy atom. The van der Waals surface area contributed by atoms with Crippen molar-refractivity contribution in [1.29, 1.82) is 0 Å². The molecule has 22 heavy (non-hydrogen) atoms. The summed E-state index contributed by atoms with van der Waals surface area (Å²) >= 11 is 0. The van der Waals surface area contributed by atoms with E-state index < -0.39 is 10.0 Å². The Bertz CT molecular complexity index is 740. The van der Waals surface area contributed by atoms with Gasteiger partial charge in [0, 0.05) is 18.2 Å². The number of sulfonamides is 1. The van der Waals surface area contributed by atoms with Gasteiger partial charge in [-0.25, -0.2) is 13.1 Å². The quantitative estimate of drug-likeness (QED) is 0.859. The molecule has 5 heteroatoms. The smallest absolute Gasteiger partial charge is 0.241 e. The van der Waals surface area contributed by atoms with Crippen molar-refractivity contribution in [2.45, 2.75) is 23.8 Å². The van der Waals surface area contributed by atoms with E-state index in [1.165, 1.54) is 0 Å². The Balaban J connectivity index is 1.97. The molecule has 0 saturated heterocycles. The number of hydrogen-bond donors (Lipinski definition) is 2. The Kier molecular flexibility index (Phi) is 4.29. The predicted molar refractivity (Wildman–Crippen MR) is 87.8 cm³/mol. The fourth-order valence-corrected chi connectivity index (χ4v) is 4.20. The molecule has 0 amide bonds. The Labute approximate surface area is 131 Å². The number of hydrogen-bond acceptors (Lipinski definition) is 3. The van der Waals surface area contributed by atoms with Gasteiger partial charge in [0.15, 0.2) is 0 Å². The van der Waals surface area contributed by atoms with E-state index in [-0.39, 0.29) is 6.04 Å². The second kappa shape index (κ2) is 6.20. The molecule has 0 aliphatic heterocycles. The first-order chi connectivity index (χ1) is 10.6. The molecule has 1 fully saturated rings. The summed E-state index contributed by atoms with van der Waals surface area (Å²) < 4.78 is 28.3. The van der Waals surface area contributed by atoms with Crippen LogP contribution in [0, 0.1) is 5.92 Å². The van der Waals surface area contributed by atoms with Gasteiger partial charge in [-0.05, 0) is 30.4 Å². The average Bonchev–Trinajstić information content (AvgIpc) is 3.38. The SMILES string of the molecule is NCC(NS(=O)(=O)c1ccccc1-c1ccccc1)C1CC1. The summed E-state index contributed by atoms with van der Waals surface area (Å²) in [5.74, 6) is 0.378. The molecule has 3 rings (SSSR count). The molecule has 3 N–H and O–H groups in total. The third-order valence-electron chi connectivity index (χ3n) is 4.01. The number of nitrogens with two attached hydrogens (primary N) is 1. The Morgan fingerprint density at radius 1 is 1.05 bits per heavy atom. The van der Waals surface area contributed by atoms with E-state index >= 15 is 0 Å². The van der Waals surface area contributed by atoms with Gasteiger partial charge < -0.3 is 5.73 Å². The lowest BCUT2D eigenvalue weighted by molar-refractivity contribution is 0.519. The van der Waals surface area contributed by atoms with Crippen LogP contribution < -0.4 is 10.5 Å². The van der Waals surface area contributed by atoms with E-state index in [1.54, 1.807) is 12.1 Å². The van der Waals surface area contributed by atoms with E-state index in [0.717, 1.165) is 18.4 Å². The molecule has 0 radical (unpaired) electrons. The highest BCUT2D eigenvalue weighted by molar-refractivity contribution is 7.89. The van der Waals surface area contributed by atoms with Gasteiger partial charge in [0.2, 0.25) is 10.0 Å². The number of benzene rings is 2. The molecular weight excluding hydrogens is 296 g/mol. The molecule has 2 aromatic carbocycles. The summed E-state index contributed by atoms with van der Waals surface area (Å²) in [7, 11) is -3.59. The first-order valence-corrected chi connectivity index (χ1v) is 8.97. The molecule has 0 aromatic heterocycles. The van der Waals surface area contributed by atoms with E-state index in [4.69, 9.17) is 5.73 Å². The normalized spacial score (nSPS) is 16.4. The summed E-state index contributed by atoms with van der Waals surface area (Å²) in [6, 6.07) is 16.4. The van der Waals surface area contributed by atoms with Gasteiger partial charge in [0.25, 0.3) is 0 Å². The van der Waals surface area contributed by atoms with Gasteiger partial charge in [-0.3, -0.25) is 0 Å². The highest BCUT2D eigenvalue weighted by Crippen LogP contribution is 2.34. The van der Waals surface area contributed by atoms with Crippen molar-refractivity contribution in [3.8, 4) is 11.1 Å². The number of nitrogens with one attached hydrogen (secondary N) is 1. The van der Waals surface area contributed by atoms with Crippen LogP contribution in [0.3, 0.4) is 0 Å². The fourth-order valence-electron chi connectivity index (χ4n) is 2.66. The highest BCUT2D eigenvalue weighted by Gasteiger charge is 2.34. The van der Waals surface area contributed by atoms with Crippen LogP contribution in [0.4, 0.5) is 0 Å². The predicted octanol–water partition coefficient (Wildman–Crippen LogP) is 2.37. The summed E-state index contributed by atoms with van der Waals surface area (Å²) in [5, 5.41) is 0. The maximum atomic E-state index is 12.8. The lowest BCUT2D eigenvalue weighted by atomic mass is 10.1. The van der Waals surface area contributed by atoms with E-state index in [9.17, 15) is 8.42 Å². The Morgan fingerprint density at radius 2 is 1.68 bits per heavy atom. The zero-order chi connectivity index (χ0) is 15.6. The third kappa shape index (κ3) is 3.21. The van der Waals surface area contributed by atoms with Crippen molar-refractivity contribution >= 4 is 10.0 Å². The second-order valence-corrected chi connectivity index (χ2v) is 7.35. The lowest BCUT2D eigenvalue weighted by Gasteiger charge is -2.18. The third-order valence-corrected chi connectivity index (χ3v) is 5.56. The topological polar surface area (TPSA) is 72.2 Å². The summed E-state index contributed by atoms with van der Waals surface area (Å²) in [4.78, 5) is 0.306. The molecule has 1 aliphatic carbocycles. The van der Waals surface area contributed by atoms with E-state index in [1.807, 2.05) is 42.5 Å². The van der Waals surface area contributed by atoms with Gasteiger partial charge in [0.05, 0.1) is 4.90 Å². The minimum Gasteiger partial charge on any atom is -0.329 e. The lowest BCUT2D eigenvalue weighted by Crippen LogP contribution is -2.41. The second-order valence-electron chi connectivity index (χ2n) is 5.66. The van der Waals surface area contributed by atoms with Gasteiger partial charge in [-0.2, -0.15) is 0 Å². The van der Waals surface area contributed by atoms with Crippen LogP contribution in [0.2, 0.25) is 0 Å². The fraction of sp³-hybridized carbons (Fsp3) is 0.294. The van der Waals surface area contributed by atoms with Crippen LogP contribution in [0.25, 0.3) is 11.1 Å². The first kappa shape index (κ1) is 15.2. The first-order valence-electron chi connectivity index (χ1n) is 7.48. The summed E-state index contributed by atoms with van der Waals surface area (Å²) in [6.45, 7) is 0.331. The molecule has 1 atom stereocenters. The van der Waals surface area contributed by atoms with Crippen molar-refractivity contribution in [1.82, 2.24) is 4.72 Å². The highest BCUT2D eigenvalue weighted by atomic mass is 32.2. The van der Waals surface area contributed by atoms with Gasteiger partial charge in [-0.1, -0.05) is 48.5 Å². The van der Waals surface area contributed by atoms with Crippen molar-refractivity contribution in [2.24, 2.45) is 11.7 Å². The van der Waals surface area contributed by atoms with Crippen LogP contribution in [0.15, 0.2) is 59.5 Å². The maximum Gasteiger partial charge on any atom is 0.241 e. The molecule has 0 spiro atoms. The molecular formula is C17H20N2O2S. The van der Waals surface area contributed by atoms with Gasteiger partial charge >= 0.3 is 0 Å². The van der Waals surface area contributed by atoms with Crippen LogP contribution in [0.1, 0.15) is 12.8 Å². The van der Waals surface area contributed by atoms with Gasteiger partial charge in [0.1, 0.15) is 0 Å². The molecule has 1 aliphatic rings. The van der Waals surface area contributed by atoms with E-state index in [2.05, 4.69) is 4.72 Å². The molecule has 116 valence electrons.